The molecule has 2 saturated heterocycles. The average molecular weight is 462 g/mol. The largest absolute Gasteiger partial charge is 0.446 e. The number of carbonyl (C=O) groups excluding carboxylic acids is 1. The van der Waals surface area contributed by atoms with Crippen LogP contribution in [0.25, 0.3) is 0 Å². The van der Waals surface area contributed by atoms with Crippen LogP contribution in [0, 0.1) is 5.41 Å². The molecule has 2 atom stereocenters. The van der Waals surface area contributed by atoms with Gasteiger partial charge in [0, 0.05) is 50.5 Å². The Morgan fingerprint density at radius 1 is 1.03 bits per heavy atom. The molecule has 1 amide bonds. The van der Waals surface area contributed by atoms with Gasteiger partial charge in [0.1, 0.15) is 6.10 Å². The first-order valence-electron chi connectivity index (χ1n) is 12.8. The molecule has 2 aliphatic heterocycles. The highest BCUT2D eigenvalue weighted by molar-refractivity contribution is 5.69. The number of hydrogen-bond donors (Lipinski definition) is 0. The number of likely N-dealkylation sites (tertiary alicyclic amines) is 1. The topological polar surface area (TPSA) is 61.8 Å². The van der Waals surface area contributed by atoms with E-state index in [9.17, 15) is 4.79 Å². The predicted molar refractivity (Wildman–Crippen MR) is 131 cm³/mol. The predicted octanol–water partition coefficient (Wildman–Crippen LogP) is 4.05. The summed E-state index contributed by atoms with van der Waals surface area (Å²) in [6.07, 6.45) is 8.35. The summed E-state index contributed by atoms with van der Waals surface area (Å²) in [6.45, 7) is 8.88. The maximum absolute atomic E-state index is 13.1. The Hall–Kier alpha value is -2.67. The van der Waals surface area contributed by atoms with Gasteiger partial charge in [-0.1, -0.05) is 30.3 Å². The van der Waals surface area contributed by atoms with Crippen molar-refractivity contribution in [1.29, 1.82) is 0 Å². The summed E-state index contributed by atoms with van der Waals surface area (Å²) in [5, 5.41) is 0. The molecule has 180 valence electrons. The van der Waals surface area contributed by atoms with E-state index in [4.69, 9.17) is 4.74 Å². The van der Waals surface area contributed by atoms with Crippen molar-refractivity contribution in [2.24, 2.45) is 5.41 Å². The SMILES string of the molecule is C[C@@H]1CN(c2ncc(C3CC3)cn2)C[C@H](C)N1C(=O)OC1CC2(C1)CN(Cc1ccccc1)C2. The molecular formula is C27H35N5O2. The van der Waals surface area contributed by atoms with E-state index in [1.165, 1.54) is 24.0 Å². The maximum atomic E-state index is 13.1. The Balaban J connectivity index is 0.975. The third-order valence-electron chi connectivity index (χ3n) is 8.08. The smallest absolute Gasteiger partial charge is 0.410 e. The molecule has 7 heteroatoms. The summed E-state index contributed by atoms with van der Waals surface area (Å²) in [7, 11) is 0. The molecule has 2 saturated carbocycles. The second kappa shape index (κ2) is 8.52. The van der Waals surface area contributed by atoms with E-state index in [2.05, 4.69) is 63.9 Å². The standard InChI is InChI=1S/C27H35N5O2/c1-19-14-31(25-28-12-23(13-29-25)22-8-9-22)15-20(2)32(19)26(33)34-24-10-27(11-24)17-30(18-27)16-21-6-4-3-5-7-21/h3-7,12-13,19-20,22,24H,8-11,14-18H2,1-2H3/t19-,20+. The van der Waals surface area contributed by atoms with Gasteiger partial charge in [0.15, 0.2) is 0 Å². The van der Waals surface area contributed by atoms with Crippen LogP contribution in [0.2, 0.25) is 0 Å². The molecule has 4 fully saturated rings. The van der Waals surface area contributed by atoms with Gasteiger partial charge in [0.2, 0.25) is 5.95 Å². The number of carbonyl (C=O) groups is 1. The second-order valence-electron chi connectivity index (χ2n) is 11.1. The molecule has 1 spiro atoms. The zero-order valence-electron chi connectivity index (χ0n) is 20.3. The van der Waals surface area contributed by atoms with Gasteiger partial charge in [-0.25, -0.2) is 14.8 Å². The van der Waals surface area contributed by atoms with Gasteiger partial charge in [0.25, 0.3) is 0 Å². The number of benzene rings is 1. The van der Waals surface area contributed by atoms with Crippen molar-refractivity contribution in [3.63, 3.8) is 0 Å². The summed E-state index contributed by atoms with van der Waals surface area (Å²) >= 11 is 0. The van der Waals surface area contributed by atoms with E-state index in [0.29, 0.717) is 11.3 Å². The fourth-order valence-corrected chi connectivity index (χ4v) is 6.27. The van der Waals surface area contributed by atoms with Crippen molar-refractivity contribution < 1.29 is 9.53 Å². The lowest BCUT2D eigenvalue weighted by Gasteiger charge is -2.58. The molecule has 7 nitrogen and oxygen atoms in total. The third-order valence-corrected chi connectivity index (χ3v) is 8.08. The van der Waals surface area contributed by atoms with Crippen LogP contribution < -0.4 is 4.90 Å². The van der Waals surface area contributed by atoms with E-state index in [-0.39, 0.29) is 24.3 Å². The molecule has 0 unspecified atom stereocenters. The van der Waals surface area contributed by atoms with Gasteiger partial charge in [-0.2, -0.15) is 0 Å². The number of piperazine rings is 1. The molecule has 0 radical (unpaired) electrons. The van der Waals surface area contributed by atoms with Crippen LogP contribution in [-0.4, -0.2) is 70.2 Å². The summed E-state index contributed by atoms with van der Waals surface area (Å²) in [5.74, 6) is 1.43. The number of nitrogens with zero attached hydrogens (tertiary/aromatic N) is 5. The van der Waals surface area contributed by atoms with Gasteiger partial charge in [0.05, 0.1) is 12.1 Å². The fourth-order valence-electron chi connectivity index (χ4n) is 6.27. The zero-order chi connectivity index (χ0) is 23.3. The Kier molecular flexibility index (Phi) is 5.47. The molecule has 1 aromatic carbocycles. The molecule has 0 bridgehead atoms. The summed E-state index contributed by atoms with van der Waals surface area (Å²) in [5.41, 5.74) is 2.98. The van der Waals surface area contributed by atoms with Crippen LogP contribution in [0.1, 0.15) is 56.6 Å². The van der Waals surface area contributed by atoms with Gasteiger partial charge in [-0.15, -0.1) is 0 Å². The Bertz CT molecular complexity index is 999. The first kappa shape index (κ1) is 21.8. The van der Waals surface area contributed by atoms with Crippen molar-refractivity contribution in [2.45, 2.75) is 70.2 Å². The molecule has 2 aromatic rings. The fraction of sp³-hybridized carbons (Fsp3) is 0.593. The van der Waals surface area contributed by atoms with Gasteiger partial charge < -0.3 is 9.64 Å². The van der Waals surface area contributed by atoms with Crippen molar-refractivity contribution in [3.05, 3.63) is 53.9 Å². The van der Waals surface area contributed by atoms with Gasteiger partial charge in [-0.3, -0.25) is 9.80 Å². The van der Waals surface area contributed by atoms with Gasteiger partial charge >= 0.3 is 6.09 Å². The average Bonchev–Trinajstić information content (AvgIpc) is 3.62. The minimum atomic E-state index is -0.162. The first-order chi connectivity index (χ1) is 16.5. The summed E-state index contributed by atoms with van der Waals surface area (Å²) in [4.78, 5) is 28.9. The maximum Gasteiger partial charge on any atom is 0.410 e. The van der Waals surface area contributed by atoms with E-state index in [0.717, 1.165) is 51.5 Å². The number of aromatic nitrogens is 2. The van der Waals surface area contributed by atoms with Crippen LogP contribution in [0.15, 0.2) is 42.7 Å². The van der Waals surface area contributed by atoms with Crippen LogP contribution >= 0.6 is 0 Å². The molecule has 6 rings (SSSR count). The molecule has 2 aliphatic carbocycles. The highest BCUT2D eigenvalue weighted by Crippen LogP contribution is 2.50. The van der Waals surface area contributed by atoms with E-state index >= 15 is 0 Å². The molecular weight excluding hydrogens is 426 g/mol. The minimum absolute atomic E-state index is 0.0575. The highest BCUT2D eigenvalue weighted by atomic mass is 16.6. The minimum Gasteiger partial charge on any atom is -0.446 e. The Labute approximate surface area is 202 Å². The number of ether oxygens (including phenoxy) is 1. The number of amides is 1. The summed E-state index contributed by atoms with van der Waals surface area (Å²) in [6, 6.07) is 10.8. The van der Waals surface area contributed by atoms with Crippen LogP contribution in [0.3, 0.4) is 0 Å². The van der Waals surface area contributed by atoms with Crippen molar-refractivity contribution >= 4 is 12.0 Å². The van der Waals surface area contributed by atoms with Crippen LogP contribution in [0.5, 0.6) is 0 Å². The number of rotatable bonds is 5. The summed E-state index contributed by atoms with van der Waals surface area (Å²) < 4.78 is 5.96. The third kappa shape index (κ3) is 4.26. The monoisotopic (exact) mass is 461 g/mol. The van der Waals surface area contributed by atoms with Crippen molar-refractivity contribution in [3.8, 4) is 0 Å². The van der Waals surface area contributed by atoms with Crippen LogP contribution in [-0.2, 0) is 11.3 Å². The van der Waals surface area contributed by atoms with Crippen molar-refractivity contribution in [2.75, 3.05) is 31.1 Å². The van der Waals surface area contributed by atoms with E-state index in [1.54, 1.807) is 0 Å². The quantitative estimate of drug-likeness (QED) is 0.669. The number of hydrogen-bond acceptors (Lipinski definition) is 6. The van der Waals surface area contributed by atoms with E-state index < -0.39 is 0 Å². The normalized spacial score (nSPS) is 26.8. The molecule has 3 heterocycles. The van der Waals surface area contributed by atoms with Gasteiger partial charge in [-0.05, 0) is 56.6 Å². The first-order valence-corrected chi connectivity index (χ1v) is 12.8. The zero-order valence-corrected chi connectivity index (χ0v) is 20.3. The molecule has 1 aromatic heterocycles. The Morgan fingerprint density at radius 3 is 2.29 bits per heavy atom. The molecule has 0 N–H and O–H groups in total. The van der Waals surface area contributed by atoms with E-state index in [1.807, 2.05) is 17.3 Å². The number of anilines is 1. The van der Waals surface area contributed by atoms with Crippen molar-refractivity contribution in [1.82, 2.24) is 19.8 Å². The lowest BCUT2D eigenvalue weighted by Crippen LogP contribution is -2.65. The lowest BCUT2D eigenvalue weighted by atomic mass is 9.61. The highest BCUT2D eigenvalue weighted by Gasteiger charge is 2.54. The molecule has 34 heavy (non-hydrogen) atoms. The molecule has 4 aliphatic rings. The lowest BCUT2D eigenvalue weighted by molar-refractivity contribution is -0.137. The Morgan fingerprint density at radius 2 is 1.68 bits per heavy atom. The van der Waals surface area contributed by atoms with Crippen LogP contribution in [0.4, 0.5) is 10.7 Å². The second-order valence-corrected chi connectivity index (χ2v) is 11.1.